The van der Waals surface area contributed by atoms with Gasteiger partial charge in [0, 0.05) is 16.4 Å². The van der Waals surface area contributed by atoms with Crippen LogP contribution >= 0.6 is 23.4 Å². The van der Waals surface area contributed by atoms with Crippen molar-refractivity contribution in [2.24, 2.45) is 0 Å². The number of nitrogens with one attached hydrogen (secondary N) is 2. The zero-order valence-corrected chi connectivity index (χ0v) is 18.5. The molecule has 0 fully saturated rings. The molecular weight excluding hydrogens is 420 g/mol. The average Bonchev–Trinajstić information content (AvgIpc) is 2.71. The van der Waals surface area contributed by atoms with E-state index in [4.69, 9.17) is 17.3 Å². The van der Waals surface area contributed by atoms with Gasteiger partial charge in [0.15, 0.2) is 0 Å². The van der Waals surface area contributed by atoms with Crippen LogP contribution in [-0.2, 0) is 4.79 Å². The summed E-state index contributed by atoms with van der Waals surface area (Å²) in [5.41, 5.74) is 8.25. The summed E-state index contributed by atoms with van der Waals surface area (Å²) in [6.45, 7) is 5.64. The van der Waals surface area contributed by atoms with E-state index in [9.17, 15) is 4.79 Å². The monoisotopic (exact) mass is 442 g/mol. The maximum Gasteiger partial charge on any atom is 0.237 e. The number of rotatable bonds is 7. The van der Waals surface area contributed by atoms with Gasteiger partial charge in [0.2, 0.25) is 17.8 Å². The molecule has 7 nitrogen and oxygen atoms in total. The third-order valence-corrected chi connectivity index (χ3v) is 6.02. The third-order valence-electron chi connectivity index (χ3n) is 4.37. The molecule has 2 atom stereocenters. The molecule has 1 heterocycles. The van der Waals surface area contributed by atoms with Crippen molar-refractivity contribution in [2.45, 2.75) is 31.3 Å². The number of amides is 1. The predicted octanol–water partition coefficient (Wildman–Crippen LogP) is 4.98. The number of benzene rings is 2. The summed E-state index contributed by atoms with van der Waals surface area (Å²) >= 11 is 7.56. The van der Waals surface area contributed by atoms with Crippen LogP contribution in [0.1, 0.15) is 30.5 Å². The second kappa shape index (κ2) is 9.77. The summed E-state index contributed by atoms with van der Waals surface area (Å²) in [5, 5.41) is 6.14. The highest BCUT2D eigenvalue weighted by atomic mass is 35.5. The van der Waals surface area contributed by atoms with E-state index in [0.717, 1.165) is 11.3 Å². The largest absolute Gasteiger partial charge is 0.368 e. The van der Waals surface area contributed by atoms with Crippen LogP contribution in [0.4, 0.5) is 23.3 Å². The first-order chi connectivity index (χ1) is 14.3. The second-order valence-electron chi connectivity index (χ2n) is 6.69. The van der Waals surface area contributed by atoms with Crippen molar-refractivity contribution in [3.8, 4) is 0 Å². The Morgan fingerprint density at radius 1 is 1.07 bits per heavy atom. The van der Waals surface area contributed by atoms with E-state index in [1.165, 1.54) is 11.8 Å². The molecule has 0 radical (unpaired) electrons. The molecule has 0 aliphatic rings. The fraction of sp³-hybridized carbons (Fsp3) is 0.238. The van der Waals surface area contributed by atoms with Gasteiger partial charge in [-0.3, -0.25) is 4.79 Å². The van der Waals surface area contributed by atoms with Gasteiger partial charge in [0.25, 0.3) is 0 Å². The van der Waals surface area contributed by atoms with E-state index in [1.807, 2.05) is 57.2 Å². The average molecular weight is 443 g/mol. The van der Waals surface area contributed by atoms with Gasteiger partial charge >= 0.3 is 0 Å². The van der Waals surface area contributed by atoms with E-state index in [0.29, 0.717) is 22.5 Å². The van der Waals surface area contributed by atoms with Gasteiger partial charge in [-0.15, -0.1) is 11.8 Å². The molecular formula is C21H23ClN6OS. The van der Waals surface area contributed by atoms with Crippen LogP contribution in [0.5, 0.6) is 0 Å². The molecule has 4 N–H and O–H groups in total. The Morgan fingerprint density at radius 2 is 1.80 bits per heavy atom. The SMILES string of the molecule is Cc1c(Cl)cccc1NC(=O)[C@@H](C)S[C@@H](C)c1nc(N)nc(Nc2ccccc2)n1. The smallest absolute Gasteiger partial charge is 0.237 e. The van der Waals surface area contributed by atoms with Crippen molar-refractivity contribution in [1.82, 2.24) is 15.0 Å². The fourth-order valence-electron chi connectivity index (χ4n) is 2.70. The van der Waals surface area contributed by atoms with E-state index in [-0.39, 0.29) is 22.4 Å². The first-order valence-corrected chi connectivity index (χ1v) is 10.7. The Bertz CT molecular complexity index is 1030. The molecule has 156 valence electrons. The van der Waals surface area contributed by atoms with Crippen LogP contribution in [0.25, 0.3) is 0 Å². The Hall–Kier alpha value is -2.84. The predicted molar refractivity (Wildman–Crippen MR) is 124 cm³/mol. The number of carbonyl (C=O) groups is 1. The van der Waals surface area contributed by atoms with E-state index >= 15 is 0 Å². The second-order valence-corrected chi connectivity index (χ2v) is 8.78. The van der Waals surface area contributed by atoms with Crippen LogP contribution in [0, 0.1) is 6.92 Å². The van der Waals surface area contributed by atoms with Gasteiger partial charge in [-0.2, -0.15) is 15.0 Å². The molecule has 1 amide bonds. The first kappa shape index (κ1) is 21.9. The number of para-hydroxylation sites is 1. The van der Waals surface area contributed by atoms with Gasteiger partial charge in [-0.05, 0) is 50.6 Å². The quantitative estimate of drug-likeness (QED) is 0.473. The highest BCUT2D eigenvalue weighted by molar-refractivity contribution is 8.00. The molecule has 3 aromatic rings. The molecule has 1 aromatic heterocycles. The van der Waals surface area contributed by atoms with Crippen LogP contribution in [0.3, 0.4) is 0 Å². The van der Waals surface area contributed by atoms with Crippen molar-refractivity contribution < 1.29 is 4.79 Å². The van der Waals surface area contributed by atoms with Crippen LogP contribution in [0.2, 0.25) is 5.02 Å². The summed E-state index contributed by atoms with van der Waals surface area (Å²) in [6.07, 6.45) is 0. The summed E-state index contributed by atoms with van der Waals surface area (Å²) < 4.78 is 0. The molecule has 0 bridgehead atoms. The van der Waals surface area contributed by atoms with E-state index < -0.39 is 0 Å². The van der Waals surface area contributed by atoms with Crippen molar-refractivity contribution in [3.63, 3.8) is 0 Å². The molecule has 0 unspecified atom stereocenters. The summed E-state index contributed by atoms with van der Waals surface area (Å²) in [7, 11) is 0. The number of hydrogen-bond donors (Lipinski definition) is 3. The molecule has 30 heavy (non-hydrogen) atoms. The lowest BCUT2D eigenvalue weighted by Gasteiger charge is -2.18. The van der Waals surface area contributed by atoms with Crippen LogP contribution < -0.4 is 16.4 Å². The molecule has 2 aromatic carbocycles. The maximum absolute atomic E-state index is 12.7. The Balaban J connectivity index is 1.68. The van der Waals surface area contributed by atoms with Crippen LogP contribution in [-0.4, -0.2) is 26.1 Å². The zero-order chi connectivity index (χ0) is 21.7. The molecule has 0 spiro atoms. The zero-order valence-electron chi connectivity index (χ0n) is 16.9. The van der Waals surface area contributed by atoms with Crippen molar-refractivity contribution in [2.75, 3.05) is 16.4 Å². The summed E-state index contributed by atoms with van der Waals surface area (Å²) in [6, 6.07) is 15.0. The lowest BCUT2D eigenvalue weighted by molar-refractivity contribution is -0.115. The van der Waals surface area contributed by atoms with Gasteiger partial charge in [-0.25, -0.2) is 0 Å². The minimum atomic E-state index is -0.345. The number of halogens is 1. The number of nitrogens with zero attached hydrogens (tertiary/aromatic N) is 3. The number of aromatic nitrogens is 3. The van der Waals surface area contributed by atoms with Crippen molar-refractivity contribution in [3.05, 3.63) is 64.9 Å². The Morgan fingerprint density at radius 3 is 2.53 bits per heavy atom. The van der Waals surface area contributed by atoms with E-state index in [2.05, 4.69) is 25.6 Å². The standard InChI is InChI=1S/C21H23ClN6OS/c1-12-16(22)10-7-11-17(12)25-19(29)14(3)30-13(2)18-26-20(23)28-21(27-18)24-15-8-5-4-6-9-15/h4-11,13-14H,1-3H3,(H,25,29)(H3,23,24,26,27,28)/t13-,14+/m0/s1. The normalized spacial score (nSPS) is 12.8. The van der Waals surface area contributed by atoms with Gasteiger partial charge < -0.3 is 16.4 Å². The number of nitrogens with two attached hydrogens (primary N) is 1. The van der Waals surface area contributed by atoms with Gasteiger partial charge in [0.05, 0.1) is 10.5 Å². The minimum Gasteiger partial charge on any atom is -0.368 e. The van der Waals surface area contributed by atoms with Gasteiger partial charge in [0.1, 0.15) is 5.82 Å². The lowest BCUT2D eigenvalue weighted by Crippen LogP contribution is -2.24. The molecule has 0 aliphatic heterocycles. The summed E-state index contributed by atoms with van der Waals surface area (Å²) in [4.78, 5) is 25.5. The fourth-order valence-corrected chi connectivity index (χ4v) is 3.90. The van der Waals surface area contributed by atoms with Crippen molar-refractivity contribution >= 4 is 52.5 Å². The number of carbonyl (C=O) groups excluding carboxylic acids is 1. The number of thioether (sulfide) groups is 1. The number of anilines is 4. The molecule has 0 aliphatic carbocycles. The highest BCUT2D eigenvalue weighted by Crippen LogP contribution is 2.32. The van der Waals surface area contributed by atoms with Gasteiger partial charge in [-0.1, -0.05) is 35.9 Å². The van der Waals surface area contributed by atoms with Crippen LogP contribution in [0.15, 0.2) is 48.5 Å². The van der Waals surface area contributed by atoms with Crippen molar-refractivity contribution in [1.29, 1.82) is 0 Å². The molecule has 9 heteroatoms. The molecule has 0 saturated carbocycles. The summed E-state index contributed by atoms with van der Waals surface area (Å²) in [5.74, 6) is 0.867. The Kier molecular flexibility index (Phi) is 7.12. The number of nitrogen functional groups attached to an aromatic ring is 1. The molecule has 0 saturated heterocycles. The highest BCUT2D eigenvalue weighted by Gasteiger charge is 2.21. The lowest BCUT2D eigenvalue weighted by atomic mass is 10.2. The number of hydrogen-bond acceptors (Lipinski definition) is 7. The third kappa shape index (κ3) is 5.61. The maximum atomic E-state index is 12.7. The van der Waals surface area contributed by atoms with E-state index in [1.54, 1.807) is 12.1 Å². The molecule has 3 rings (SSSR count). The topological polar surface area (TPSA) is 106 Å². The first-order valence-electron chi connectivity index (χ1n) is 9.38. The minimum absolute atomic E-state index is 0.123. The Labute approximate surface area is 184 Å².